The molecule has 1 fully saturated rings. The molecular weight excluding hydrogens is 737 g/mol. The normalized spacial score (nSPS) is 18.3. The summed E-state index contributed by atoms with van der Waals surface area (Å²) in [5, 5.41) is 21.8. The Bertz CT molecular complexity index is 1900. The smallest absolute Gasteiger partial charge is 0.279 e. The summed E-state index contributed by atoms with van der Waals surface area (Å²) >= 11 is 0. The zero-order valence-corrected chi connectivity index (χ0v) is 33.3. The molecule has 6 rings (SSSR count). The third kappa shape index (κ3) is 8.76. The van der Waals surface area contributed by atoms with Crippen LogP contribution in [0.1, 0.15) is 68.9 Å². The summed E-state index contributed by atoms with van der Waals surface area (Å²) in [6.45, 7) is 8.41. The van der Waals surface area contributed by atoms with E-state index < -0.39 is 37.4 Å². The Labute approximate surface area is 329 Å². The van der Waals surface area contributed by atoms with Crippen molar-refractivity contribution in [2.24, 2.45) is 0 Å². The van der Waals surface area contributed by atoms with Crippen LogP contribution in [0.25, 0.3) is 0 Å². The number of nitro benzene ring substituents is 1. The lowest BCUT2D eigenvalue weighted by Crippen LogP contribution is -2.39. The van der Waals surface area contributed by atoms with Gasteiger partial charge in [-0.3, -0.25) is 10.1 Å². The molecule has 1 unspecified atom stereocenters. The third-order valence-electron chi connectivity index (χ3n) is 9.79. The van der Waals surface area contributed by atoms with Gasteiger partial charge in [0.2, 0.25) is 6.79 Å². The van der Waals surface area contributed by atoms with Crippen LogP contribution >= 0.6 is 8.53 Å². The van der Waals surface area contributed by atoms with E-state index in [1.165, 1.54) is 6.07 Å². The van der Waals surface area contributed by atoms with Crippen molar-refractivity contribution in [1.29, 1.82) is 5.26 Å². The van der Waals surface area contributed by atoms with Gasteiger partial charge in [-0.05, 0) is 74.7 Å². The van der Waals surface area contributed by atoms with Gasteiger partial charge < -0.3 is 37.5 Å². The molecule has 0 spiro atoms. The zero-order chi connectivity index (χ0) is 39.8. The van der Waals surface area contributed by atoms with Crippen molar-refractivity contribution < 1.29 is 42.4 Å². The summed E-state index contributed by atoms with van der Waals surface area (Å²) in [5.41, 5.74) is 1.57. The molecule has 56 heavy (non-hydrogen) atoms. The van der Waals surface area contributed by atoms with Crippen LogP contribution in [0, 0.1) is 21.4 Å². The molecule has 0 bridgehead atoms. The van der Waals surface area contributed by atoms with Gasteiger partial charge in [-0.25, -0.2) is 4.67 Å². The fraction of sp³-hybridized carbons (Fsp3) is 0.405. The molecule has 13 nitrogen and oxygen atoms in total. The van der Waals surface area contributed by atoms with Gasteiger partial charge in [0.05, 0.1) is 68.7 Å². The lowest BCUT2D eigenvalue weighted by Gasteiger charge is -2.39. The fourth-order valence-corrected chi connectivity index (χ4v) is 8.99. The fourth-order valence-electron chi connectivity index (χ4n) is 7.23. The van der Waals surface area contributed by atoms with Gasteiger partial charge in [-0.2, -0.15) is 5.26 Å². The quantitative estimate of drug-likeness (QED) is 0.0313. The Kier molecular flexibility index (Phi) is 13.4. The second-order valence-electron chi connectivity index (χ2n) is 13.9. The van der Waals surface area contributed by atoms with Crippen LogP contribution in [0.4, 0.5) is 5.69 Å². The summed E-state index contributed by atoms with van der Waals surface area (Å²) in [7, 11) is 1.54. The van der Waals surface area contributed by atoms with Crippen LogP contribution < -0.4 is 18.9 Å². The number of benzene rings is 4. The standard InChI is InChI=1S/C42H48N3O10P/c1-28(2)44(29(3)4)56(53-22-10-21-43)55-40-25-37(35-23-38-39(51-27-50-38)24-36(35)45(46)47)54-41(40)26-52-42(30-11-8-7-9-12-30,31-13-17-33(48-5)18-14-31)32-15-19-34(49-6)20-16-32/h7-9,11-20,23-24,28-29,37,40-41H,10,22,25-27H2,1-6H3/t37-,40+,41-,56?/m1/s1. The summed E-state index contributed by atoms with van der Waals surface area (Å²) < 4.78 is 51.6. The molecule has 4 atom stereocenters. The van der Waals surface area contributed by atoms with Crippen molar-refractivity contribution in [3.63, 3.8) is 0 Å². The van der Waals surface area contributed by atoms with Gasteiger partial charge in [-0.1, -0.05) is 54.6 Å². The van der Waals surface area contributed by atoms with E-state index in [1.807, 2.05) is 78.9 Å². The Morgan fingerprint density at radius 3 is 2.00 bits per heavy atom. The molecule has 0 amide bonds. The lowest BCUT2D eigenvalue weighted by atomic mass is 9.80. The van der Waals surface area contributed by atoms with E-state index >= 15 is 0 Å². The Morgan fingerprint density at radius 1 is 0.893 bits per heavy atom. The summed E-state index contributed by atoms with van der Waals surface area (Å²) in [6.07, 6.45) is -1.69. The number of nitrogens with zero attached hydrogens (tertiary/aromatic N) is 3. The molecule has 296 valence electrons. The highest BCUT2D eigenvalue weighted by Gasteiger charge is 2.46. The van der Waals surface area contributed by atoms with Crippen molar-refractivity contribution in [2.75, 3.05) is 34.2 Å². The lowest BCUT2D eigenvalue weighted by molar-refractivity contribution is -0.386. The molecule has 0 aromatic heterocycles. The van der Waals surface area contributed by atoms with Crippen LogP contribution in [0.5, 0.6) is 23.0 Å². The first-order valence-corrected chi connectivity index (χ1v) is 19.7. The van der Waals surface area contributed by atoms with E-state index in [1.54, 1.807) is 20.3 Å². The summed E-state index contributed by atoms with van der Waals surface area (Å²) in [5.74, 6) is 2.09. The van der Waals surface area contributed by atoms with Crippen LogP contribution in [0.15, 0.2) is 91.0 Å². The minimum Gasteiger partial charge on any atom is -0.497 e. The van der Waals surface area contributed by atoms with Gasteiger partial charge in [-0.15, -0.1) is 0 Å². The Balaban J connectivity index is 1.44. The van der Waals surface area contributed by atoms with Crippen molar-refractivity contribution in [3.05, 3.63) is 123 Å². The predicted molar refractivity (Wildman–Crippen MR) is 210 cm³/mol. The van der Waals surface area contributed by atoms with Crippen molar-refractivity contribution >= 4 is 14.2 Å². The Morgan fingerprint density at radius 2 is 1.46 bits per heavy atom. The first-order valence-electron chi connectivity index (χ1n) is 18.6. The topological polar surface area (TPSA) is 144 Å². The first kappa shape index (κ1) is 40.9. The maximum Gasteiger partial charge on any atom is 0.279 e. The van der Waals surface area contributed by atoms with E-state index in [0.29, 0.717) is 28.6 Å². The van der Waals surface area contributed by atoms with Gasteiger partial charge in [0.1, 0.15) is 23.2 Å². The van der Waals surface area contributed by atoms with E-state index in [9.17, 15) is 15.4 Å². The SMILES string of the molecule is COc1ccc(C(OC[C@H]2O[C@@H](c3cc4c(cc3[N+](=O)[O-])OCO4)C[C@@H]2OP(OCCC#N)N(C(C)C)C(C)C)(c2ccccc2)c2ccc(OC)cc2)cc1. The number of rotatable bonds is 18. The molecule has 2 aliphatic rings. The first-order chi connectivity index (χ1) is 27.1. The number of nitro groups is 1. The average Bonchev–Trinajstić information content (AvgIpc) is 3.84. The van der Waals surface area contributed by atoms with E-state index in [4.69, 9.17) is 37.5 Å². The highest BCUT2D eigenvalue weighted by atomic mass is 31.2. The van der Waals surface area contributed by atoms with Gasteiger partial charge >= 0.3 is 0 Å². The van der Waals surface area contributed by atoms with Gasteiger partial charge in [0.15, 0.2) is 11.5 Å². The monoisotopic (exact) mass is 785 g/mol. The summed E-state index contributed by atoms with van der Waals surface area (Å²) in [6, 6.07) is 30.6. The van der Waals surface area contributed by atoms with Crippen LogP contribution in [-0.2, 0) is 24.1 Å². The molecule has 14 heteroatoms. The maximum absolute atomic E-state index is 12.5. The molecule has 4 aromatic carbocycles. The number of fused-ring (bicyclic) bond motifs is 1. The number of hydrogen-bond donors (Lipinski definition) is 0. The molecule has 4 aromatic rings. The number of methoxy groups -OCH3 is 2. The molecule has 2 heterocycles. The number of ether oxygens (including phenoxy) is 6. The zero-order valence-electron chi connectivity index (χ0n) is 32.5. The molecular formula is C42H48N3O10P. The third-order valence-corrected chi connectivity index (χ3v) is 11.9. The Hall–Kier alpha value is -4.80. The molecule has 0 N–H and O–H groups in total. The van der Waals surface area contributed by atoms with Crippen molar-refractivity contribution in [1.82, 2.24) is 4.67 Å². The van der Waals surface area contributed by atoms with Crippen LogP contribution in [0.3, 0.4) is 0 Å². The number of nitriles is 1. The minimum atomic E-state index is -1.71. The van der Waals surface area contributed by atoms with E-state index in [-0.39, 0.29) is 50.6 Å². The second kappa shape index (κ2) is 18.4. The largest absolute Gasteiger partial charge is 0.497 e. The average molecular weight is 786 g/mol. The molecule has 0 radical (unpaired) electrons. The second-order valence-corrected chi connectivity index (χ2v) is 15.3. The minimum absolute atomic E-state index is 0.0111. The van der Waals surface area contributed by atoms with E-state index in [0.717, 1.165) is 16.7 Å². The molecule has 0 aliphatic carbocycles. The summed E-state index contributed by atoms with van der Waals surface area (Å²) in [4.78, 5) is 12.0. The molecule has 2 aliphatic heterocycles. The molecule has 1 saturated heterocycles. The molecule has 0 saturated carbocycles. The highest BCUT2D eigenvalue weighted by Crippen LogP contribution is 2.53. The van der Waals surface area contributed by atoms with Crippen molar-refractivity contribution in [2.45, 2.75) is 76.5 Å². The van der Waals surface area contributed by atoms with Gasteiger partial charge in [0.25, 0.3) is 14.2 Å². The van der Waals surface area contributed by atoms with Crippen LogP contribution in [-0.4, -0.2) is 68.1 Å². The predicted octanol–water partition coefficient (Wildman–Crippen LogP) is 8.84. The van der Waals surface area contributed by atoms with Crippen LogP contribution in [0.2, 0.25) is 0 Å². The maximum atomic E-state index is 12.5. The van der Waals surface area contributed by atoms with Gasteiger partial charge in [0, 0.05) is 18.5 Å². The number of hydrogen-bond acceptors (Lipinski definition) is 12. The van der Waals surface area contributed by atoms with Crippen molar-refractivity contribution in [3.8, 4) is 29.1 Å². The van der Waals surface area contributed by atoms with E-state index in [2.05, 4.69) is 38.4 Å². The highest BCUT2D eigenvalue weighted by molar-refractivity contribution is 7.44.